The first-order valence-electron chi connectivity index (χ1n) is 9.97. The number of nitrogens with zero attached hydrogens (tertiary/aromatic N) is 1. The maximum absolute atomic E-state index is 13.0. The number of carbonyl (C=O) groups is 2. The molecule has 3 atom stereocenters. The molecule has 1 aliphatic heterocycles. The van der Waals surface area contributed by atoms with Crippen LogP contribution in [0.2, 0.25) is 0 Å². The van der Waals surface area contributed by atoms with Crippen LogP contribution in [0.25, 0.3) is 0 Å². The summed E-state index contributed by atoms with van der Waals surface area (Å²) in [4.78, 5) is 26.7. The Morgan fingerprint density at radius 3 is 2.50 bits per heavy atom. The van der Waals surface area contributed by atoms with Crippen LogP contribution >= 0.6 is 0 Å². The first-order chi connectivity index (χ1) is 12.5. The summed E-state index contributed by atoms with van der Waals surface area (Å²) in [5.74, 6) is 1.32. The zero-order valence-corrected chi connectivity index (χ0v) is 15.5. The van der Waals surface area contributed by atoms with Crippen LogP contribution in [0, 0.1) is 17.8 Å². The molecule has 2 fully saturated rings. The highest BCUT2D eigenvalue weighted by Crippen LogP contribution is 2.42. The highest BCUT2D eigenvalue weighted by molar-refractivity contribution is 5.93. The van der Waals surface area contributed by atoms with Gasteiger partial charge in [-0.2, -0.15) is 0 Å². The van der Waals surface area contributed by atoms with E-state index in [2.05, 4.69) is 5.32 Å². The molecule has 5 nitrogen and oxygen atoms in total. The van der Waals surface area contributed by atoms with Crippen molar-refractivity contribution in [3.8, 4) is 0 Å². The third-order valence-corrected chi connectivity index (χ3v) is 6.72. The summed E-state index contributed by atoms with van der Waals surface area (Å²) >= 11 is 0. The van der Waals surface area contributed by atoms with Gasteiger partial charge in [0.1, 0.15) is 0 Å². The fraction of sp³-hybridized carbons (Fsp3) is 0.619. The molecule has 0 aromatic heterocycles. The highest BCUT2D eigenvalue weighted by atomic mass is 16.2. The zero-order valence-electron chi connectivity index (χ0n) is 15.5. The smallest absolute Gasteiger partial charge is 0.223 e. The van der Waals surface area contributed by atoms with Gasteiger partial charge >= 0.3 is 0 Å². The summed E-state index contributed by atoms with van der Waals surface area (Å²) in [6, 6.07) is 8.20. The van der Waals surface area contributed by atoms with Crippen LogP contribution < -0.4 is 16.0 Å². The number of anilines is 1. The summed E-state index contributed by atoms with van der Waals surface area (Å²) < 4.78 is 0. The first-order valence-corrected chi connectivity index (χ1v) is 9.97. The monoisotopic (exact) mass is 355 g/mol. The van der Waals surface area contributed by atoms with Gasteiger partial charge < -0.3 is 16.0 Å². The molecule has 2 bridgehead atoms. The summed E-state index contributed by atoms with van der Waals surface area (Å²) in [6.45, 7) is 2.25. The largest absolute Gasteiger partial charge is 0.349 e. The number of nitrogens with two attached hydrogens (primary N) is 1. The van der Waals surface area contributed by atoms with Gasteiger partial charge in [0.15, 0.2) is 0 Å². The van der Waals surface area contributed by atoms with Crippen molar-refractivity contribution >= 4 is 17.5 Å². The van der Waals surface area contributed by atoms with Crippen molar-refractivity contribution < 1.29 is 9.59 Å². The Hall–Kier alpha value is -1.88. The minimum Gasteiger partial charge on any atom is -0.349 e. The van der Waals surface area contributed by atoms with Crippen LogP contribution in [-0.4, -0.2) is 24.4 Å². The van der Waals surface area contributed by atoms with Gasteiger partial charge in [0.2, 0.25) is 11.8 Å². The Labute approximate surface area is 155 Å². The van der Waals surface area contributed by atoms with Crippen molar-refractivity contribution in [3.63, 3.8) is 0 Å². The predicted molar refractivity (Wildman–Crippen MR) is 102 cm³/mol. The third kappa shape index (κ3) is 3.13. The maximum Gasteiger partial charge on any atom is 0.223 e. The lowest BCUT2D eigenvalue weighted by atomic mass is 9.65. The molecule has 1 aromatic carbocycles. The van der Waals surface area contributed by atoms with Crippen molar-refractivity contribution in [2.75, 3.05) is 11.4 Å². The SMILES string of the molecule is CC(=O)N1CCC(NC(=O)C2CC3CCCC(C2)C3N)c2ccccc21. The standard InChI is InChI=1S/C21H29N3O2/c1-13(25)24-10-9-18(17-7-2-3-8-19(17)24)23-21(26)16-11-14-5-4-6-15(12-16)20(14)22/h2-3,7-8,14-16,18,20H,4-6,9-12,22H2,1H3,(H,23,26). The van der Waals surface area contributed by atoms with Gasteiger partial charge in [-0.1, -0.05) is 24.6 Å². The lowest BCUT2D eigenvalue weighted by Crippen LogP contribution is -2.50. The molecule has 140 valence electrons. The van der Waals surface area contributed by atoms with E-state index in [0.29, 0.717) is 18.4 Å². The van der Waals surface area contributed by atoms with E-state index in [-0.39, 0.29) is 29.8 Å². The van der Waals surface area contributed by atoms with Gasteiger partial charge in [0.05, 0.1) is 6.04 Å². The summed E-state index contributed by atoms with van der Waals surface area (Å²) in [5, 5.41) is 3.29. The molecule has 2 saturated carbocycles. The summed E-state index contributed by atoms with van der Waals surface area (Å²) in [7, 11) is 0. The molecule has 3 aliphatic rings. The molecule has 0 radical (unpaired) electrons. The van der Waals surface area contributed by atoms with Gasteiger partial charge in [0, 0.05) is 31.1 Å². The number of amides is 2. The molecule has 26 heavy (non-hydrogen) atoms. The molecular formula is C21H29N3O2. The summed E-state index contributed by atoms with van der Waals surface area (Å²) in [6.07, 6.45) is 6.22. The number of benzene rings is 1. The Morgan fingerprint density at radius 1 is 1.12 bits per heavy atom. The van der Waals surface area contributed by atoms with Crippen molar-refractivity contribution in [1.82, 2.24) is 5.32 Å². The second-order valence-corrected chi connectivity index (χ2v) is 8.28. The van der Waals surface area contributed by atoms with Gasteiger partial charge in [-0.05, 0) is 55.6 Å². The Bertz CT molecular complexity index is 690. The van der Waals surface area contributed by atoms with Crippen molar-refractivity contribution in [3.05, 3.63) is 29.8 Å². The molecule has 3 N–H and O–H groups in total. The average molecular weight is 355 g/mol. The fourth-order valence-corrected chi connectivity index (χ4v) is 5.33. The van der Waals surface area contributed by atoms with Crippen molar-refractivity contribution in [1.29, 1.82) is 0 Å². The van der Waals surface area contributed by atoms with Crippen LogP contribution in [0.3, 0.4) is 0 Å². The van der Waals surface area contributed by atoms with Gasteiger partial charge in [-0.3, -0.25) is 9.59 Å². The Morgan fingerprint density at radius 2 is 1.81 bits per heavy atom. The van der Waals surface area contributed by atoms with E-state index in [1.165, 1.54) is 19.3 Å². The number of hydrogen-bond acceptors (Lipinski definition) is 3. The average Bonchev–Trinajstić information content (AvgIpc) is 2.61. The molecule has 5 heteroatoms. The molecule has 1 heterocycles. The molecule has 0 spiro atoms. The van der Waals surface area contributed by atoms with Crippen LogP contribution in [0.5, 0.6) is 0 Å². The molecule has 3 unspecified atom stereocenters. The molecule has 1 aromatic rings. The zero-order chi connectivity index (χ0) is 18.3. The van der Waals surface area contributed by atoms with Gasteiger partial charge in [0.25, 0.3) is 0 Å². The van der Waals surface area contributed by atoms with Crippen molar-refractivity contribution in [2.24, 2.45) is 23.5 Å². The van der Waals surface area contributed by atoms with E-state index in [1.54, 1.807) is 6.92 Å². The van der Waals surface area contributed by atoms with Crippen molar-refractivity contribution in [2.45, 2.75) is 57.5 Å². The number of rotatable bonds is 2. The highest BCUT2D eigenvalue weighted by Gasteiger charge is 2.41. The number of para-hydroxylation sites is 1. The molecule has 2 aliphatic carbocycles. The maximum atomic E-state index is 13.0. The van der Waals surface area contributed by atoms with Crippen LogP contribution in [0.15, 0.2) is 24.3 Å². The number of fused-ring (bicyclic) bond motifs is 3. The van der Waals surface area contributed by atoms with E-state index in [9.17, 15) is 9.59 Å². The van der Waals surface area contributed by atoms with E-state index < -0.39 is 0 Å². The van der Waals surface area contributed by atoms with E-state index in [1.807, 2.05) is 29.2 Å². The lowest BCUT2D eigenvalue weighted by molar-refractivity contribution is -0.128. The second-order valence-electron chi connectivity index (χ2n) is 8.28. The Balaban J connectivity index is 1.48. The van der Waals surface area contributed by atoms with E-state index >= 15 is 0 Å². The van der Waals surface area contributed by atoms with E-state index in [0.717, 1.165) is 30.5 Å². The van der Waals surface area contributed by atoms with E-state index in [4.69, 9.17) is 5.73 Å². The lowest BCUT2D eigenvalue weighted by Gasteiger charge is -2.44. The second kappa shape index (κ2) is 7.03. The first kappa shape index (κ1) is 17.5. The van der Waals surface area contributed by atoms with Gasteiger partial charge in [-0.25, -0.2) is 0 Å². The molecule has 0 saturated heterocycles. The molecular weight excluding hydrogens is 326 g/mol. The predicted octanol–water partition coefficient (Wildman–Crippen LogP) is 2.75. The Kier molecular flexibility index (Phi) is 4.74. The molecule has 2 amide bonds. The minimum atomic E-state index is -0.00950. The molecule has 4 rings (SSSR count). The van der Waals surface area contributed by atoms with Gasteiger partial charge in [-0.15, -0.1) is 0 Å². The minimum absolute atomic E-state index is 0.00950. The number of hydrogen-bond donors (Lipinski definition) is 2. The van der Waals surface area contributed by atoms with Crippen LogP contribution in [0.4, 0.5) is 5.69 Å². The normalized spacial score (nSPS) is 33.3. The quantitative estimate of drug-likeness (QED) is 0.856. The topological polar surface area (TPSA) is 75.4 Å². The number of nitrogens with one attached hydrogen (secondary N) is 1. The fourth-order valence-electron chi connectivity index (χ4n) is 5.33. The van der Waals surface area contributed by atoms with Crippen LogP contribution in [0.1, 0.15) is 57.1 Å². The summed E-state index contributed by atoms with van der Waals surface area (Å²) in [5.41, 5.74) is 8.35. The van der Waals surface area contributed by atoms with Crippen LogP contribution in [-0.2, 0) is 9.59 Å². The number of carbonyl (C=O) groups excluding carboxylic acids is 2. The third-order valence-electron chi connectivity index (χ3n) is 6.72.